The molecule has 0 radical (unpaired) electrons. The Morgan fingerprint density at radius 1 is 1.50 bits per heavy atom. The van der Waals surface area contributed by atoms with E-state index in [0.29, 0.717) is 13.2 Å². The second-order valence-corrected chi connectivity index (χ2v) is 5.54. The molecule has 0 aliphatic heterocycles. The lowest BCUT2D eigenvalue weighted by Gasteiger charge is -2.08. The number of methoxy groups -OCH3 is 1. The van der Waals surface area contributed by atoms with Gasteiger partial charge in [0.1, 0.15) is 18.1 Å². The summed E-state index contributed by atoms with van der Waals surface area (Å²) in [5.41, 5.74) is 0. The van der Waals surface area contributed by atoms with Crippen molar-refractivity contribution >= 4 is 10.8 Å². The van der Waals surface area contributed by atoms with Crippen LogP contribution in [0.15, 0.2) is 16.5 Å². The predicted octanol–water partition coefficient (Wildman–Crippen LogP) is 1.28. The molecular weight excluding hydrogens is 226 g/mol. The molecule has 1 N–H and O–H groups in total. The van der Waals surface area contributed by atoms with Crippen molar-refractivity contribution in [2.75, 3.05) is 19.9 Å². The molecule has 1 heterocycles. The van der Waals surface area contributed by atoms with Gasteiger partial charge in [0, 0.05) is 36.0 Å². The summed E-state index contributed by atoms with van der Waals surface area (Å²) >= 11 is 0. The van der Waals surface area contributed by atoms with Gasteiger partial charge in [0.2, 0.25) is 0 Å². The molecule has 16 heavy (non-hydrogen) atoms. The summed E-state index contributed by atoms with van der Waals surface area (Å²) in [6.45, 7) is 3.84. The zero-order valence-electron chi connectivity index (χ0n) is 9.99. The fraction of sp³-hybridized carbons (Fsp3) is 0.636. The Hall–Kier alpha value is -0.650. The molecule has 0 aromatic carbocycles. The highest BCUT2D eigenvalue weighted by Crippen LogP contribution is 2.08. The first-order valence-corrected chi connectivity index (χ1v) is 6.85. The van der Waals surface area contributed by atoms with Crippen LogP contribution in [0.25, 0.3) is 0 Å². The average molecular weight is 245 g/mol. The minimum atomic E-state index is -0.779. The Morgan fingerprint density at radius 3 is 2.81 bits per heavy atom. The monoisotopic (exact) mass is 245 g/mol. The molecule has 4 nitrogen and oxygen atoms in total. The Labute approximate surface area is 98.8 Å². The van der Waals surface area contributed by atoms with Crippen molar-refractivity contribution in [2.24, 2.45) is 0 Å². The highest BCUT2D eigenvalue weighted by Gasteiger charge is 2.06. The van der Waals surface area contributed by atoms with Crippen LogP contribution >= 0.6 is 0 Å². The van der Waals surface area contributed by atoms with E-state index in [2.05, 4.69) is 5.32 Å². The zero-order valence-corrected chi connectivity index (χ0v) is 10.8. The normalized spacial score (nSPS) is 14.9. The van der Waals surface area contributed by atoms with E-state index in [1.807, 2.05) is 19.1 Å². The summed E-state index contributed by atoms with van der Waals surface area (Å²) in [5, 5.41) is 3.37. The van der Waals surface area contributed by atoms with E-state index >= 15 is 0 Å². The number of ether oxygens (including phenoxy) is 1. The lowest BCUT2D eigenvalue weighted by molar-refractivity contribution is 0.162. The quantitative estimate of drug-likeness (QED) is 0.786. The Balaban J connectivity index is 2.29. The van der Waals surface area contributed by atoms with Crippen LogP contribution in [0.2, 0.25) is 0 Å². The molecule has 0 aliphatic rings. The average Bonchev–Trinajstić information content (AvgIpc) is 2.66. The summed E-state index contributed by atoms with van der Waals surface area (Å²) < 4.78 is 21.6. The first-order valence-electron chi connectivity index (χ1n) is 5.23. The van der Waals surface area contributed by atoms with Gasteiger partial charge < -0.3 is 14.5 Å². The Morgan fingerprint density at radius 2 is 2.19 bits per heavy atom. The second-order valence-electron chi connectivity index (χ2n) is 3.74. The standard InChI is InChI=1S/C11H19NO3S/c1-9(16(3)13)6-12-7-10-4-5-11(15-10)8-14-2/h4-5,9,12H,6-8H2,1-3H3. The van der Waals surface area contributed by atoms with Gasteiger partial charge in [0.25, 0.3) is 0 Å². The van der Waals surface area contributed by atoms with Gasteiger partial charge in [0.05, 0.1) is 6.54 Å². The molecule has 0 saturated heterocycles. The summed E-state index contributed by atoms with van der Waals surface area (Å²) in [5.74, 6) is 1.70. The van der Waals surface area contributed by atoms with Crippen LogP contribution in [0, 0.1) is 0 Å². The van der Waals surface area contributed by atoms with Gasteiger partial charge in [0.15, 0.2) is 0 Å². The molecule has 0 spiro atoms. The molecule has 0 saturated carbocycles. The highest BCUT2D eigenvalue weighted by atomic mass is 32.2. The van der Waals surface area contributed by atoms with Gasteiger partial charge in [-0.1, -0.05) is 0 Å². The highest BCUT2D eigenvalue weighted by molar-refractivity contribution is 7.84. The SMILES string of the molecule is COCc1ccc(CNCC(C)S(C)=O)o1. The summed E-state index contributed by atoms with van der Waals surface area (Å²) in [6, 6.07) is 3.83. The fourth-order valence-electron chi connectivity index (χ4n) is 1.25. The van der Waals surface area contributed by atoms with Gasteiger partial charge in [-0.15, -0.1) is 0 Å². The minimum Gasteiger partial charge on any atom is -0.462 e. The third-order valence-electron chi connectivity index (χ3n) is 2.30. The Bertz CT molecular complexity index is 338. The van der Waals surface area contributed by atoms with Crippen molar-refractivity contribution in [3.8, 4) is 0 Å². The molecule has 2 atom stereocenters. The van der Waals surface area contributed by atoms with Crippen molar-refractivity contribution in [3.63, 3.8) is 0 Å². The lowest BCUT2D eigenvalue weighted by Crippen LogP contribution is -2.26. The van der Waals surface area contributed by atoms with Crippen LogP contribution in [0.4, 0.5) is 0 Å². The maximum absolute atomic E-state index is 11.1. The van der Waals surface area contributed by atoms with Gasteiger partial charge >= 0.3 is 0 Å². The van der Waals surface area contributed by atoms with Crippen LogP contribution in [0.1, 0.15) is 18.4 Å². The maximum atomic E-state index is 11.1. The first-order chi connectivity index (χ1) is 7.63. The van der Waals surface area contributed by atoms with E-state index in [0.717, 1.165) is 18.1 Å². The van der Waals surface area contributed by atoms with Crippen LogP contribution in [-0.4, -0.2) is 29.4 Å². The number of hydrogen-bond acceptors (Lipinski definition) is 4. The van der Waals surface area contributed by atoms with Crippen molar-refractivity contribution in [3.05, 3.63) is 23.7 Å². The van der Waals surface area contributed by atoms with Crippen LogP contribution < -0.4 is 5.32 Å². The number of nitrogens with one attached hydrogen (secondary N) is 1. The van der Waals surface area contributed by atoms with E-state index < -0.39 is 10.8 Å². The van der Waals surface area contributed by atoms with Crippen molar-refractivity contribution < 1.29 is 13.4 Å². The van der Waals surface area contributed by atoms with Gasteiger partial charge in [-0.25, -0.2) is 0 Å². The topological polar surface area (TPSA) is 51.5 Å². The van der Waals surface area contributed by atoms with Crippen molar-refractivity contribution in [1.29, 1.82) is 0 Å². The molecule has 92 valence electrons. The third kappa shape index (κ3) is 4.47. The number of rotatable bonds is 7. The first kappa shape index (κ1) is 13.4. The molecule has 1 aromatic heterocycles. The summed E-state index contributed by atoms with van der Waals surface area (Å²) in [4.78, 5) is 0. The summed E-state index contributed by atoms with van der Waals surface area (Å²) in [7, 11) is 0.858. The molecule has 0 bridgehead atoms. The minimum absolute atomic E-state index is 0.161. The largest absolute Gasteiger partial charge is 0.462 e. The zero-order chi connectivity index (χ0) is 12.0. The van der Waals surface area contributed by atoms with Crippen LogP contribution in [0.3, 0.4) is 0 Å². The Kier molecular flexibility index (Phi) is 5.73. The molecular formula is C11H19NO3S. The van der Waals surface area contributed by atoms with E-state index in [1.54, 1.807) is 13.4 Å². The predicted molar refractivity (Wildman–Crippen MR) is 64.7 cm³/mol. The van der Waals surface area contributed by atoms with Crippen molar-refractivity contribution in [1.82, 2.24) is 5.32 Å². The van der Waals surface area contributed by atoms with Gasteiger partial charge in [-0.05, 0) is 19.1 Å². The fourth-order valence-corrected chi connectivity index (χ4v) is 1.61. The number of furan rings is 1. The van der Waals surface area contributed by atoms with Crippen LogP contribution in [-0.2, 0) is 28.7 Å². The van der Waals surface area contributed by atoms with Crippen molar-refractivity contribution in [2.45, 2.75) is 25.3 Å². The lowest BCUT2D eigenvalue weighted by atomic mass is 10.4. The molecule has 1 aromatic rings. The van der Waals surface area contributed by atoms with E-state index in [9.17, 15) is 4.21 Å². The molecule has 0 fully saturated rings. The molecule has 1 rings (SSSR count). The van der Waals surface area contributed by atoms with E-state index in [1.165, 1.54) is 0 Å². The molecule has 5 heteroatoms. The molecule has 0 aliphatic carbocycles. The smallest absolute Gasteiger partial charge is 0.129 e. The number of hydrogen-bond donors (Lipinski definition) is 1. The van der Waals surface area contributed by atoms with Gasteiger partial charge in [-0.3, -0.25) is 4.21 Å². The van der Waals surface area contributed by atoms with Crippen LogP contribution in [0.5, 0.6) is 0 Å². The second kappa shape index (κ2) is 6.83. The van der Waals surface area contributed by atoms with E-state index in [-0.39, 0.29) is 5.25 Å². The maximum Gasteiger partial charge on any atom is 0.129 e. The molecule has 2 unspecified atom stereocenters. The van der Waals surface area contributed by atoms with Gasteiger partial charge in [-0.2, -0.15) is 0 Å². The molecule has 0 amide bonds. The van der Waals surface area contributed by atoms with E-state index in [4.69, 9.17) is 9.15 Å². The summed E-state index contributed by atoms with van der Waals surface area (Å²) in [6.07, 6.45) is 1.72. The third-order valence-corrected chi connectivity index (χ3v) is 3.60.